The standard InChI is InChI=1S/C26H26N4O4/c1-2-24(31)30-16-17-14-18(30)15-29(17)23-13-12-22(25(27)32)26(28-23)34-21-10-8-20(9-11-21)33-19-6-4-3-5-7-19/h3-13,17-18H,2,14-16H2,1H3,(H2,27,32)/t17-,18-/m0/s1. The molecule has 2 atom stereocenters. The normalized spacial score (nSPS) is 18.7. The molecular formula is C26H26N4O4. The zero-order valence-corrected chi connectivity index (χ0v) is 18.9. The first-order valence-electron chi connectivity index (χ1n) is 11.4. The van der Waals surface area contributed by atoms with Crippen molar-refractivity contribution in [1.29, 1.82) is 0 Å². The highest BCUT2D eigenvalue weighted by Gasteiger charge is 2.45. The SMILES string of the molecule is CCC(=O)N1C[C@@H]2C[C@H]1CN2c1ccc(C(N)=O)c(Oc2ccc(Oc3ccccc3)cc2)n1. The fourth-order valence-electron chi connectivity index (χ4n) is 4.62. The van der Waals surface area contributed by atoms with Crippen molar-refractivity contribution in [3.63, 3.8) is 0 Å². The van der Waals surface area contributed by atoms with Crippen molar-refractivity contribution in [3.05, 3.63) is 72.3 Å². The van der Waals surface area contributed by atoms with E-state index in [0.717, 1.165) is 12.2 Å². The molecule has 2 bridgehead atoms. The molecular weight excluding hydrogens is 432 g/mol. The van der Waals surface area contributed by atoms with Crippen molar-refractivity contribution in [3.8, 4) is 23.1 Å². The number of benzene rings is 2. The van der Waals surface area contributed by atoms with Gasteiger partial charge in [0, 0.05) is 19.5 Å². The van der Waals surface area contributed by atoms with Gasteiger partial charge >= 0.3 is 0 Å². The summed E-state index contributed by atoms with van der Waals surface area (Å²) < 4.78 is 11.8. The summed E-state index contributed by atoms with van der Waals surface area (Å²) in [7, 11) is 0. The zero-order valence-electron chi connectivity index (χ0n) is 18.9. The van der Waals surface area contributed by atoms with Crippen molar-refractivity contribution >= 4 is 17.6 Å². The first-order chi connectivity index (χ1) is 16.5. The maximum Gasteiger partial charge on any atom is 0.254 e. The molecule has 0 unspecified atom stereocenters. The third kappa shape index (κ3) is 4.26. The Bertz CT molecular complexity index is 1200. The van der Waals surface area contributed by atoms with Crippen LogP contribution in [0.1, 0.15) is 30.1 Å². The smallest absolute Gasteiger partial charge is 0.254 e. The van der Waals surface area contributed by atoms with Gasteiger partial charge in [0.1, 0.15) is 28.6 Å². The summed E-state index contributed by atoms with van der Waals surface area (Å²) in [4.78, 5) is 33.0. The molecule has 0 spiro atoms. The van der Waals surface area contributed by atoms with Crippen LogP contribution in [0.25, 0.3) is 0 Å². The van der Waals surface area contributed by atoms with Gasteiger partial charge in [0.15, 0.2) is 0 Å². The minimum atomic E-state index is -0.610. The van der Waals surface area contributed by atoms with E-state index in [9.17, 15) is 9.59 Å². The number of rotatable bonds is 7. The molecule has 2 aliphatic heterocycles. The zero-order chi connectivity index (χ0) is 23.7. The molecule has 0 saturated carbocycles. The summed E-state index contributed by atoms with van der Waals surface area (Å²) in [6.45, 7) is 3.29. The molecule has 174 valence electrons. The second-order valence-corrected chi connectivity index (χ2v) is 8.47. The number of hydrogen-bond acceptors (Lipinski definition) is 6. The molecule has 8 heteroatoms. The second-order valence-electron chi connectivity index (χ2n) is 8.47. The van der Waals surface area contributed by atoms with Crippen LogP contribution in [0.5, 0.6) is 23.1 Å². The van der Waals surface area contributed by atoms with Crippen molar-refractivity contribution in [2.75, 3.05) is 18.0 Å². The van der Waals surface area contributed by atoms with Gasteiger partial charge in [0.25, 0.3) is 5.91 Å². The van der Waals surface area contributed by atoms with E-state index in [-0.39, 0.29) is 29.4 Å². The minimum absolute atomic E-state index is 0.158. The summed E-state index contributed by atoms with van der Waals surface area (Å²) in [5.41, 5.74) is 5.78. The van der Waals surface area contributed by atoms with Crippen LogP contribution in [0, 0.1) is 0 Å². The van der Waals surface area contributed by atoms with Gasteiger partial charge in [-0.3, -0.25) is 9.59 Å². The Kier molecular flexibility index (Phi) is 5.79. The van der Waals surface area contributed by atoms with Gasteiger partial charge in [0.05, 0.1) is 12.1 Å². The molecule has 2 aromatic carbocycles. The Morgan fingerprint density at radius 3 is 2.21 bits per heavy atom. The molecule has 2 aliphatic rings. The molecule has 3 aromatic rings. The number of nitrogens with two attached hydrogens (primary N) is 1. The molecule has 2 saturated heterocycles. The summed E-state index contributed by atoms with van der Waals surface area (Å²) in [6.07, 6.45) is 1.44. The van der Waals surface area contributed by atoms with Crippen LogP contribution in [0.4, 0.5) is 5.82 Å². The maximum absolute atomic E-state index is 12.2. The molecule has 34 heavy (non-hydrogen) atoms. The minimum Gasteiger partial charge on any atom is -0.457 e. The van der Waals surface area contributed by atoms with Crippen LogP contribution < -0.4 is 20.1 Å². The molecule has 2 N–H and O–H groups in total. The van der Waals surface area contributed by atoms with Crippen LogP contribution in [0.2, 0.25) is 0 Å². The number of primary amides is 1. The van der Waals surface area contributed by atoms with Crippen LogP contribution in [-0.2, 0) is 4.79 Å². The van der Waals surface area contributed by atoms with E-state index < -0.39 is 5.91 Å². The van der Waals surface area contributed by atoms with Gasteiger partial charge in [-0.15, -0.1) is 0 Å². The molecule has 0 aliphatic carbocycles. The molecule has 5 rings (SSSR count). The van der Waals surface area contributed by atoms with E-state index in [2.05, 4.69) is 9.88 Å². The highest BCUT2D eigenvalue weighted by atomic mass is 16.5. The number of amides is 2. The van der Waals surface area contributed by atoms with E-state index in [0.29, 0.717) is 36.8 Å². The fourth-order valence-corrected chi connectivity index (χ4v) is 4.62. The number of piperazine rings is 1. The van der Waals surface area contributed by atoms with Crippen LogP contribution in [-0.4, -0.2) is 46.9 Å². The van der Waals surface area contributed by atoms with Gasteiger partial charge in [-0.05, 0) is 55.0 Å². The Balaban J connectivity index is 1.33. The first-order valence-corrected chi connectivity index (χ1v) is 11.4. The highest BCUT2D eigenvalue weighted by Crippen LogP contribution is 2.36. The van der Waals surface area contributed by atoms with Gasteiger partial charge < -0.3 is 25.0 Å². The number of ether oxygens (including phenoxy) is 2. The Hall–Kier alpha value is -4.07. The van der Waals surface area contributed by atoms with Gasteiger partial charge in [-0.1, -0.05) is 25.1 Å². The number of para-hydroxylation sites is 1. The topological polar surface area (TPSA) is 98.0 Å². The molecule has 0 radical (unpaired) electrons. The predicted octanol–water partition coefficient (Wildman–Crippen LogP) is 3.96. The number of aromatic nitrogens is 1. The van der Waals surface area contributed by atoms with E-state index >= 15 is 0 Å². The Morgan fingerprint density at radius 2 is 1.59 bits per heavy atom. The monoisotopic (exact) mass is 458 g/mol. The molecule has 2 amide bonds. The number of fused-ring (bicyclic) bond motifs is 2. The number of carbonyl (C=O) groups is 2. The number of likely N-dealkylation sites (tertiary alicyclic amines) is 1. The third-order valence-electron chi connectivity index (χ3n) is 6.29. The lowest BCUT2D eigenvalue weighted by Crippen LogP contribution is -2.48. The number of carbonyl (C=O) groups excluding carboxylic acids is 2. The maximum atomic E-state index is 12.2. The highest BCUT2D eigenvalue weighted by molar-refractivity contribution is 5.95. The van der Waals surface area contributed by atoms with Crippen LogP contribution in [0.3, 0.4) is 0 Å². The average molecular weight is 459 g/mol. The van der Waals surface area contributed by atoms with Crippen molar-refractivity contribution in [1.82, 2.24) is 9.88 Å². The van der Waals surface area contributed by atoms with Gasteiger partial charge in [-0.2, -0.15) is 4.98 Å². The predicted molar refractivity (Wildman–Crippen MR) is 127 cm³/mol. The summed E-state index contributed by atoms with van der Waals surface area (Å²) in [5, 5.41) is 0. The Morgan fingerprint density at radius 1 is 0.912 bits per heavy atom. The number of anilines is 1. The summed E-state index contributed by atoms with van der Waals surface area (Å²) in [6, 6.07) is 20.4. The van der Waals surface area contributed by atoms with Crippen LogP contribution in [0.15, 0.2) is 66.7 Å². The molecule has 1 aromatic heterocycles. The van der Waals surface area contributed by atoms with E-state index in [1.54, 1.807) is 36.4 Å². The number of pyridine rings is 1. The van der Waals surface area contributed by atoms with Crippen molar-refractivity contribution in [2.24, 2.45) is 5.73 Å². The quantitative estimate of drug-likeness (QED) is 0.575. The Labute approximate surface area is 197 Å². The van der Waals surface area contributed by atoms with Gasteiger partial charge in [-0.25, -0.2) is 0 Å². The number of hydrogen-bond donors (Lipinski definition) is 1. The third-order valence-corrected chi connectivity index (χ3v) is 6.29. The van der Waals surface area contributed by atoms with E-state index in [1.807, 2.05) is 42.2 Å². The summed E-state index contributed by atoms with van der Waals surface area (Å²) in [5.74, 6) is 2.35. The van der Waals surface area contributed by atoms with Gasteiger partial charge in [0.2, 0.25) is 11.8 Å². The first kappa shape index (κ1) is 21.8. The van der Waals surface area contributed by atoms with E-state index in [4.69, 9.17) is 15.2 Å². The second kappa shape index (κ2) is 9.05. The van der Waals surface area contributed by atoms with Crippen molar-refractivity contribution in [2.45, 2.75) is 31.8 Å². The van der Waals surface area contributed by atoms with Crippen molar-refractivity contribution < 1.29 is 19.1 Å². The lowest BCUT2D eigenvalue weighted by Gasteiger charge is -2.35. The molecule has 3 heterocycles. The molecule has 2 fully saturated rings. The largest absolute Gasteiger partial charge is 0.457 e. The number of nitrogens with zero attached hydrogens (tertiary/aromatic N) is 3. The average Bonchev–Trinajstić information content (AvgIpc) is 3.47. The van der Waals surface area contributed by atoms with Crippen LogP contribution >= 0.6 is 0 Å². The van der Waals surface area contributed by atoms with E-state index in [1.165, 1.54) is 0 Å². The summed E-state index contributed by atoms with van der Waals surface area (Å²) >= 11 is 0. The fraction of sp³-hybridized carbons (Fsp3) is 0.269. The molecule has 8 nitrogen and oxygen atoms in total. The lowest BCUT2D eigenvalue weighted by atomic mass is 10.2. The lowest BCUT2D eigenvalue weighted by molar-refractivity contribution is -0.131.